The molecule has 290 valence electrons. The lowest BCUT2D eigenvalue weighted by molar-refractivity contribution is -0.148. The summed E-state index contributed by atoms with van der Waals surface area (Å²) in [5, 5.41) is 20.3. The molecule has 14 heteroatoms. The van der Waals surface area contributed by atoms with Gasteiger partial charge in [0.15, 0.2) is 0 Å². The van der Waals surface area contributed by atoms with Crippen molar-refractivity contribution in [1.29, 1.82) is 0 Å². The van der Waals surface area contributed by atoms with Gasteiger partial charge in [0, 0.05) is 39.1 Å². The standard InChI is InChI=1S/C37H63N5O8S/c1-12-23(6)32(41(9)36(46)31(22(4)5)40-35(45)30(38-8)21(2)3)28(49-10)20-29(43)42-17-13-16-27(42)33(50-11)24(7)34(44)39-26(37(47)48)19-25-15-14-18-51-25/h14-15,18,21-24,26-28,30-33,38H,12-13,16-17,19-20H2,1-11H3,(H,39,44)(H,40,45)(H,47,48)/t23-,24+,26-,27-,28+,30?,31-,32?,33?/m0/s1. The van der Waals surface area contributed by atoms with Crippen LogP contribution in [0.4, 0.5) is 0 Å². The molecule has 0 aromatic carbocycles. The summed E-state index contributed by atoms with van der Waals surface area (Å²) in [6, 6.07) is 0.450. The van der Waals surface area contributed by atoms with Crippen molar-refractivity contribution in [3.63, 3.8) is 0 Å². The van der Waals surface area contributed by atoms with Crippen LogP contribution in [0, 0.1) is 23.7 Å². The molecule has 3 unspecified atom stereocenters. The SMILES string of the molecule is CC[C@H](C)C([C@@H](CC(=O)N1CCC[C@H]1C(OC)[C@@H](C)C(=O)N[C@@H](Cc1cccs1)C(=O)O)OC)N(C)C(=O)[C@@H](NC(=O)C(NC)C(C)C)C(C)C. The molecule has 0 aliphatic carbocycles. The zero-order chi connectivity index (χ0) is 38.6. The number of methoxy groups -OCH3 is 2. The Balaban J connectivity index is 2.26. The molecule has 0 bridgehead atoms. The Labute approximate surface area is 308 Å². The van der Waals surface area contributed by atoms with Gasteiger partial charge < -0.3 is 40.3 Å². The van der Waals surface area contributed by atoms with Gasteiger partial charge in [-0.1, -0.05) is 61.0 Å². The van der Waals surface area contributed by atoms with Crippen LogP contribution in [0.3, 0.4) is 0 Å². The lowest BCUT2D eigenvalue weighted by atomic mass is 9.89. The van der Waals surface area contributed by atoms with Crippen LogP contribution in [-0.4, -0.2) is 122 Å². The second kappa shape index (κ2) is 20.8. The van der Waals surface area contributed by atoms with Crippen LogP contribution in [0.5, 0.6) is 0 Å². The first-order valence-corrected chi connectivity index (χ1v) is 19.1. The largest absolute Gasteiger partial charge is 0.480 e. The zero-order valence-corrected chi connectivity index (χ0v) is 33.2. The minimum atomic E-state index is -1.12. The third-order valence-corrected chi connectivity index (χ3v) is 11.2. The summed E-state index contributed by atoms with van der Waals surface area (Å²) in [6.07, 6.45) is 0.886. The van der Waals surface area contributed by atoms with Crippen LogP contribution in [0.2, 0.25) is 0 Å². The first kappa shape index (κ1) is 44.1. The monoisotopic (exact) mass is 737 g/mol. The summed E-state index contributed by atoms with van der Waals surface area (Å²) in [7, 11) is 6.46. The van der Waals surface area contributed by atoms with Crippen molar-refractivity contribution in [1.82, 2.24) is 25.8 Å². The topological polar surface area (TPSA) is 167 Å². The normalized spacial score (nSPS) is 19.5. The van der Waals surface area contributed by atoms with Crippen molar-refractivity contribution in [2.45, 2.75) is 123 Å². The van der Waals surface area contributed by atoms with Gasteiger partial charge in [-0.05, 0) is 49.1 Å². The van der Waals surface area contributed by atoms with Gasteiger partial charge in [0.25, 0.3) is 0 Å². The number of likely N-dealkylation sites (N-methyl/N-ethyl adjacent to an activating group) is 2. The molecule has 13 nitrogen and oxygen atoms in total. The average Bonchev–Trinajstić information content (AvgIpc) is 3.79. The van der Waals surface area contributed by atoms with E-state index in [9.17, 15) is 29.1 Å². The van der Waals surface area contributed by atoms with Crippen LogP contribution in [0.15, 0.2) is 17.5 Å². The molecular weight excluding hydrogens is 675 g/mol. The summed E-state index contributed by atoms with van der Waals surface area (Å²) in [6.45, 7) is 13.9. The van der Waals surface area contributed by atoms with Gasteiger partial charge in [-0.15, -0.1) is 11.3 Å². The van der Waals surface area contributed by atoms with E-state index in [1.165, 1.54) is 25.6 Å². The Bertz CT molecular complexity index is 1280. The van der Waals surface area contributed by atoms with Crippen molar-refractivity contribution in [3.05, 3.63) is 22.4 Å². The molecule has 4 amide bonds. The molecule has 2 rings (SSSR count). The fourth-order valence-electron chi connectivity index (χ4n) is 7.18. The molecule has 9 atom stereocenters. The Morgan fingerprint density at radius 3 is 2.14 bits per heavy atom. The van der Waals surface area contributed by atoms with Crippen LogP contribution in [0.1, 0.15) is 79.0 Å². The van der Waals surface area contributed by atoms with Gasteiger partial charge in [-0.25, -0.2) is 4.79 Å². The van der Waals surface area contributed by atoms with E-state index in [2.05, 4.69) is 16.0 Å². The van der Waals surface area contributed by atoms with Gasteiger partial charge in [0.1, 0.15) is 12.1 Å². The molecule has 1 fully saturated rings. The number of nitrogens with one attached hydrogen (secondary N) is 3. The molecule has 0 spiro atoms. The minimum Gasteiger partial charge on any atom is -0.480 e. The van der Waals surface area contributed by atoms with Crippen LogP contribution in [0.25, 0.3) is 0 Å². The zero-order valence-electron chi connectivity index (χ0n) is 32.4. The van der Waals surface area contributed by atoms with Crippen LogP contribution >= 0.6 is 11.3 Å². The molecule has 1 aromatic rings. The fraction of sp³-hybridized carbons (Fsp3) is 0.757. The van der Waals surface area contributed by atoms with Crippen LogP contribution < -0.4 is 16.0 Å². The predicted molar refractivity (Wildman–Crippen MR) is 198 cm³/mol. The van der Waals surface area contributed by atoms with Crippen LogP contribution in [-0.2, 0) is 39.9 Å². The number of carbonyl (C=O) groups is 5. The Kier molecular flexibility index (Phi) is 18.0. The molecule has 1 aliphatic heterocycles. The number of nitrogens with zero attached hydrogens (tertiary/aromatic N) is 2. The average molecular weight is 738 g/mol. The highest BCUT2D eigenvalue weighted by Gasteiger charge is 2.43. The summed E-state index contributed by atoms with van der Waals surface area (Å²) in [4.78, 5) is 71.0. The van der Waals surface area contributed by atoms with E-state index < -0.39 is 60.2 Å². The summed E-state index contributed by atoms with van der Waals surface area (Å²) in [5.74, 6) is -3.22. The van der Waals surface area contributed by atoms with Crippen molar-refractivity contribution in [2.75, 3.05) is 34.9 Å². The number of hydrogen-bond acceptors (Lipinski definition) is 9. The second-order valence-corrected chi connectivity index (χ2v) is 15.5. The van der Waals surface area contributed by atoms with Gasteiger partial charge in [-0.3, -0.25) is 19.2 Å². The Morgan fingerprint density at radius 1 is 1.00 bits per heavy atom. The fourth-order valence-corrected chi connectivity index (χ4v) is 7.93. The number of carbonyl (C=O) groups excluding carboxylic acids is 4. The summed E-state index contributed by atoms with van der Waals surface area (Å²) >= 11 is 1.43. The van der Waals surface area contributed by atoms with E-state index >= 15 is 0 Å². The molecular formula is C37H63N5O8S. The van der Waals surface area contributed by atoms with Crippen molar-refractivity contribution < 1.29 is 38.6 Å². The summed E-state index contributed by atoms with van der Waals surface area (Å²) < 4.78 is 11.8. The molecule has 0 radical (unpaired) electrons. The lowest BCUT2D eigenvalue weighted by Gasteiger charge is -2.41. The Hall–Kier alpha value is -3.07. The number of hydrogen-bond donors (Lipinski definition) is 4. The van der Waals surface area contributed by atoms with E-state index in [0.717, 1.165) is 11.3 Å². The molecule has 4 N–H and O–H groups in total. The molecule has 0 saturated carbocycles. The number of carboxylic acid groups (broad SMARTS) is 1. The van der Waals surface area contributed by atoms with E-state index in [1.807, 2.05) is 59.1 Å². The third kappa shape index (κ3) is 11.7. The smallest absolute Gasteiger partial charge is 0.326 e. The molecule has 1 aliphatic rings. The number of carboxylic acids is 1. The molecule has 1 saturated heterocycles. The number of likely N-dealkylation sites (tertiary alicyclic amines) is 1. The summed E-state index contributed by atoms with van der Waals surface area (Å²) in [5.41, 5.74) is 0. The van der Waals surface area contributed by atoms with Gasteiger partial charge >= 0.3 is 5.97 Å². The van der Waals surface area contributed by atoms with Gasteiger partial charge in [-0.2, -0.15) is 0 Å². The van der Waals surface area contributed by atoms with Crippen molar-refractivity contribution >= 4 is 40.9 Å². The molecule has 1 aromatic heterocycles. The van der Waals surface area contributed by atoms with E-state index in [1.54, 1.807) is 30.8 Å². The van der Waals surface area contributed by atoms with Crippen molar-refractivity contribution in [2.24, 2.45) is 23.7 Å². The second-order valence-electron chi connectivity index (χ2n) is 14.5. The van der Waals surface area contributed by atoms with Crippen molar-refractivity contribution in [3.8, 4) is 0 Å². The Morgan fingerprint density at radius 2 is 1.65 bits per heavy atom. The van der Waals surface area contributed by atoms with E-state index in [4.69, 9.17) is 9.47 Å². The number of rotatable bonds is 21. The lowest BCUT2D eigenvalue weighted by Crippen LogP contribution is -2.59. The number of amides is 4. The third-order valence-electron chi connectivity index (χ3n) is 10.3. The van der Waals surface area contributed by atoms with Gasteiger partial charge in [0.05, 0.1) is 42.7 Å². The number of ether oxygens (including phenoxy) is 2. The maximum Gasteiger partial charge on any atom is 0.326 e. The highest BCUT2D eigenvalue weighted by molar-refractivity contribution is 7.09. The first-order chi connectivity index (χ1) is 24.0. The number of aliphatic carboxylic acids is 1. The van der Waals surface area contributed by atoms with Gasteiger partial charge in [0.2, 0.25) is 23.6 Å². The number of thiophene rings is 1. The maximum absolute atomic E-state index is 14.1. The highest BCUT2D eigenvalue weighted by atomic mass is 32.1. The first-order valence-electron chi connectivity index (χ1n) is 18.2. The maximum atomic E-state index is 14.1. The highest BCUT2D eigenvalue weighted by Crippen LogP contribution is 2.30. The molecule has 51 heavy (non-hydrogen) atoms. The van der Waals surface area contributed by atoms with E-state index in [-0.39, 0.29) is 48.3 Å². The predicted octanol–water partition coefficient (Wildman–Crippen LogP) is 3.17. The van der Waals surface area contributed by atoms with E-state index in [0.29, 0.717) is 19.4 Å². The molecule has 2 heterocycles. The quantitative estimate of drug-likeness (QED) is 0.148. The minimum absolute atomic E-state index is 0.00752.